The van der Waals surface area contributed by atoms with Crippen LogP contribution in [0.1, 0.15) is 0 Å². The highest BCUT2D eigenvalue weighted by atomic mass is 16.8. The maximum atomic E-state index is 11.1. The van der Waals surface area contributed by atoms with E-state index < -0.39 is 106 Å². The lowest BCUT2D eigenvalue weighted by Crippen LogP contribution is -2.63. The van der Waals surface area contributed by atoms with Gasteiger partial charge in [0, 0.05) is 12.1 Å². The minimum absolute atomic E-state index is 0.0398. The van der Waals surface area contributed by atoms with E-state index in [1.165, 1.54) is 36.4 Å². The van der Waals surface area contributed by atoms with Gasteiger partial charge < -0.3 is 89.7 Å². The van der Waals surface area contributed by atoms with Crippen molar-refractivity contribution in [1.82, 2.24) is 0 Å². The second-order valence-electron chi connectivity index (χ2n) is 12.3. The molecule has 6 unspecified atom stereocenters. The highest BCUT2D eigenvalue weighted by Crippen LogP contribution is 2.42. The fourth-order valence-electron chi connectivity index (χ4n) is 5.93. The van der Waals surface area contributed by atoms with Gasteiger partial charge in [-0.15, -0.1) is 0 Å². The number of rotatable bonds is 9. The van der Waals surface area contributed by atoms with Crippen molar-refractivity contribution in [1.29, 1.82) is 0 Å². The summed E-state index contributed by atoms with van der Waals surface area (Å²) in [6, 6.07) is 9.20. The van der Waals surface area contributed by atoms with Crippen LogP contribution in [0, 0.1) is 0 Å². The number of benzene rings is 2. The lowest BCUT2D eigenvalue weighted by atomic mass is 9.98. The van der Waals surface area contributed by atoms with Crippen LogP contribution in [-0.4, -0.2) is 167 Å². The molecule has 3 saturated heterocycles. The molecule has 0 radical (unpaired) electrons. The molecule has 0 amide bonds. The van der Waals surface area contributed by atoms with E-state index in [0.29, 0.717) is 5.56 Å². The van der Waals surface area contributed by atoms with Crippen molar-refractivity contribution in [3.8, 4) is 34.3 Å². The molecule has 12 N–H and O–H groups in total. The molecular formula is C32H39O19+. The summed E-state index contributed by atoms with van der Waals surface area (Å²) in [5, 5.41) is 123. The van der Waals surface area contributed by atoms with Crippen LogP contribution < -0.4 is 9.47 Å². The van der Waals surface area contributed by atoms with Gasteiger partial charge in [0.05, 0.1) is 31.5 Å². The third-order valence-electron chi connectivity index (χ3n) is 8.83. The zero-order chi connectivity index (χ0) is 36.7. The first-order valence-corrected chi connectivity index (χ1v) is 15.8. The second-order valence-corrected chi connectivity index (χ2v) is 12.3. The van der Waals surface area contributed by atoms with Gasteiger partial charge in [-0.1, -0.05) is 0 Å². The van der Waals surface area contributed by atoms with E-state index in [-0.39, 0.29) is 39.7 Å². The number of aliphatic hydroxyl groups is 10. The van der Waals surface area contributed by atoms with Gasteiger partial charge in [0.25, 0.3) is 0 Å². The molecule has 51 heavy (non-hydrogen) atoms. The Labute approximate surface area is 287 Å². The predicted molar refractivity (Wildman–Crippen MR) is 165 cm³/mol. The van der Waals surface area contributed by atoms with Crippen LogP contribution in [0.15, 0.2) is 46.9 Å². The molecule has 3 aromatic rings. The Balaban J connectivity index is 1.42. The number of ether oxygens (including phenoxy) is 6. The summed E-state index contributed by atoms with van der Waals surface area (Å²) in [6.07, 6.45) is -23.3. The van der Waals surface area contributed by atoms with Crippen LogP contribution >= 0.6 is 0 Å². The quantitative estimate of drug-likeness (QED) is 0.0957. The Morgan fingerprint density at radius 3 is 1.90 bits per heavy atom. The molecule has 14 atom stereocenters. The van der Waals surface area contributed by atoms with Crippen molar-refractivity contribution in [3.63, 3.8) is 0 Å². The van der Waals surface area contributed by atoms with Gasteiger partial charge in [-0.3, -0.25) is 0 Å². The predicted octanol–water partition coefficient (Wildman–Crippen LogP) is -3.39. The summed E-state index contributed by atoms with van der Waals surface area (Å²) in [5.41, 5.74) is 0.248. The van der Waals surface area contributed by atoms with Gasteiger partial charge in [0.15, 0.2) is 12.4 Å². The molecule has 2 aromatic carbocycles. The molecule has 3 aliphatic heterocycles. The van der Waals surface area contributed by atoms with Gasteiger partial charge in [-0.05, 0) is 24.3 Å². The fourth-order valence-corrected chi connectivity index (χ4v) is 5.93. The topological polar surface area (TPSA) is 309 Å². The lowest BCUT2D eigenvalue weighted by molar-refractivity contribution is -0.344. The smallest absolute Gasteiger partial charge is 0.402 e. The van der Waals surface area contributed by atoms with Crippen molar-refractivity contribution in [2.75, 3.05) is 19.8 Å². The molecule has 0 spiro atoms. The Hall–Kier alpha value is -3.51. The number of phenols is 2. The van der Waals surface area contributed by atoms with E-state index in [0.717, 1.165) is 6.07 Å². The van der Waals surface area contributed by atoms with Crippen LogP contribution in [0.4, 0.5) is 0 Å². The molecule has 4 heterocycles. The Kier molecular flexibility index (Phi) is 11.1. The van der Waals surface area contributed by atoms with Crippen LogP contribution in [0.5, 0.6) is 23.0 Å². The van der Waals surface area contributed by atoms with Crippen LogP contribution in [-0.2, 0) is 18.9 Å². The summed E-state index contributed by atoms with van der Waals surface area (Å²) in [7, 11) is 0. The van der Waals surface area contributed by atoms with E-state index in [9.17, 15) is 61.3 Å². The van der Waals surface area contributed by atoms with Gasteiger partial charge in [-0.25, -0.2) is 4.42 Å². The molecule has 6 rings (SSSR count). The minimum Gasteiger partial charge on any atom is -0.508 e. The fraction of sp³-hybridized carbons (Fsp3) is 0.531. The first-order valence-electron chi connectivity index (χ1n) is 15.8. The standard InChI is InChI=1S/C32H38O19/c33-8-19-22(39)24(41)27(44)31(49-19)47-17-6-13(36)5-16-14(17)7-18(28(46-16)11-1-3-12(35)4-2-11)48-32-29(25(42)23(40)20(9-34)50-32)51-30-26(43)21(38)15(37)10-45-30/h1-7,15,19-27,29-34,37-44H,8-10H2,(H-,35,36)/p+1/t15-,19?,20?,21?,22-,23-,24+,25?,26-,27?,29?,30+,31-,32-/m1/s1. The molecule has 1 aromatic heterocycles. The number of phenolic OH excluding ortho intramolecular Hbond substituents is 2. The third-order valence-corrected chi connectivity index (χ3v) is 8.83. The SMILES string of the molecule is OCC1O[C@@H](Oc2cc3c(O[C@@H]4OC(CO)[C@@H](O)[C@H](O)C4O)cc(O)cc3[o+]c2-c2ccc(O)cc2)C(O[C@@H]2OC[C@@H](O)C(O)[C@H]2O)C(O)[C@@H]1O. The highest BCUT2D eigenvalue weighted by Gasteiger charge is 2.51. The van der Waals surface area contributed by atoms with Crippen molar-refractivity contribution >= 4 is 11.0 Å². The Bertz CT molecular complexity index is 1640. The van der Waals surface area contributed by atoms with Gasteiger partial charge in [-0.2, -0.15) is 0 Å². The lowest BCUT2D eigenvalue weighted by Gasteiger charge is -2.44. The number of hydrogen-bond donors (Lipinski definition) is 12. The van der Waals surface area contributed by atoms with E-state index in [1.807, 2.05) is 0 Å². The van der Waals surface area contributed by atoms with Crippen molar-refractivity contribution < 1.29 is 94.1 Å². The average Bonchev–Trinajstić information content (AvgIpc) is 3.11. The third kappa shape index (κ3) is 7.40. The zero-order valence-corrected chi connectivity index (χ0v) is 26.5. The molecular weight excluding hydrogens is 688 g/mol. The van der Waals surface area contributed by atoms with Crippen molar-refractivity contribution in [3.05, 3.63) is 42.5 Å². The molecule has 0 bridgehead atoms. The van der Waals surface area contributed by atoms with Crippen molar-refractivity contribution in [2.45, 2.75) is 86.0 Å². The summed E-state index contributed by atoms with van der Waals surface area (Å²) < 4.78 is 40.4. The number of hydrogen-bond acceptors (Lipinski definition) is 18. The van der Waals surface area contributed by atoms with Crippen molar-refractivity contribution in [2.24, 2.45) is 0 Å². The Morgan fingerprint density at radius 1 is 0.627 bits per heavy atom. The summed E-state index contributed by atoms with van der Waals surface area (Å²) in [5.74, 6) is -0.964. The largest absolute Gasteiger partial charge is 0.508 e. The number of aliphatic hydroxyl groups excluding tert-OH is 10. The van der Waals surface area contributed by atoms with Gasteiger partial charge >= 0.3 is 11.3 Å². The zero-order valence-electron chi connectivity index (χ0n) is 26.5. The number of fused-ring (bicyclic) bond motifs is 1. The maximum Gasteiger partial charge on any atom is 0.402 e. The van der Waals surface area contributed by atoms with Gasteiger partial charge in [0.2, 0.25) is 18.3 Å². The first kappa shape index (κ1) is 37.3. The normalized spacial score (nSPS) is 37.3. The molecule has 19 nitrogen and oxygen atoms in total. The second kappa shape index (κ2) is 15.2. The number of aromatic hydroxyl groups is 2. The van der Waals surface area contributed by atoms with E-state index >= 15 is 0 Å². The maximum absolute atomic E-state index is 11.1. The molecule has 3 aliphatic rings. The monoisotopic (exact) mass is 727 g/mol. The van der Waals surface area contributed by atoms with Gasteiger partial charge in [0.1, 0.15) is 83.7 Å². The summed E-state index contributed by atoms with van der Waals surface area (Å²) >= 11 is 0. The summed E-state index contributed by atoms with van der Waals surface area (Å²) in [4.78, 5) is 0. The Morgan fingerprint density at radius 2 is 1.24 bits per heavy atom. The molecule has 19 heteroatoms. The van der Waals surface area contributed by atoms with E-state index in [2.05, 4.69) is 0 Å². The molecule has 280 valence electrons. The van der Waals surface area contributed by atoms with Crippen LogP contribution in [0.25, 0.3) is 22.3 Å². The minimum atomic E-state index is -1.85. The van der Waals surface area contributed by atoms with Crippen LogP contribution in [0.3, 0.4) is 0 Å². The summed E-state index contributed by atoms with van der Waals surface area (Å²) in [6.45, 7) is -1.99. The van der Waals surface area contributed by atoms with E-state index in [4.69, 9.17) is 32.8 Å². The highest BCUT2D eigenvalue weighted by molar-refractivity contribution is 5.88. The first-order chi connectivity index (χ1) is 24.3. The molecule has 3 fully saturated rings. The average molecular weight is 728 g/mol. The molecule has 0 saturated carbocycles. The van der Waals surface area contributed by atoms with E-state index in [1.54, 1.807) is 0 Å². The molecule has 0 aliphatic carbocycles. The van der Waals surface area contributed by atoms with Crippen LogP contribution in [0.2, 0.25) is 0 Å².